The van der Waals surface area contributed by atoms with Gasteiger partial charge in [0.05, 0.1) is 0 Å². The van der Waals surface area contributed by atoms with E-state index in [-0.39, 0.29) is 5.91 Å². The highest BCUT2D eigenvalue weighted by molar-refractivity contribution is 5.73. The lowest BCUT2D eigenvalue weighted by molar-refractivity contribution is -0.129. The molecule has 1 amide bonds. The van der Waals surface area contributed by atoms with E-state index >= 15 is 0 Å². The van der Waals surface area contributed by atoms with Gasteiger partial charge in [0, 0.05) is 32.4 Å². The fourth-order valence-electron chi connectivity index (χ4n) is 1.15. The third-order valence-electron chi connectivity index (χ3n) is 1.95. The second-order valence-electron chi connectivity index (χ2n) is 2.89. The van der Waals surface area contributed by atoms with Crippen molar-refractivity contribution in [2.75, 3.05) is 6.54 Å². The number of aromatic nitrogens is 1. The van der Waals surface area contributed by atoms with Crippen molar-refractivity contribution >= 4 is 5.91 Å². The highest BCUT2D eigenvalue weighted by Crippen LogP contribution is 2.02. The van der Waals surface area contributed by atoms with Gasteiger partial charge in [-0.3, -0.25) is 9.78 Å². The number of carbonyl (C=O) groups is 1. The van der Waals surface area contributed by atoms with Gasteiger partial charge in [-0.25, -0.2) is 0 Å². The first kappa shape index (κ1) is 13.6. The summed E-state index contributed by atoms with van der Waals surface area (Å²) in [5.74, 6) is 0.110. The number of nitrogens with zero attached hydrogens (tertiary/aromatic N) is 2. The smallest absolute Gasteiger partial charge is 0.219 e. The number of rotatable bonds is 3. The van der Waals surface area contributed by atoms with Crippen molar-refractivity contribution in [3.05, 3.63) is 30.1 Å². The van der Waals surface area contributed by atoms with Crippen molar-refractivity contribution in [1.82, 2.24) is 9.88 Å². The maximum atomic E-state index is 11.1. The monoisotopic (exact) mass is 208 g/mol. The molecule has 1 heterocycles. The van der Waals surface area contributed by atoms with Crippen LogP contribution in [0.5, 0.6) is 0 Å². The van der Waals surface area contributed by atoms with Crippen LogP contribution in [0.4, 0.5) is 0 Å². The Morgan fingerprint density at radius 2 is 1.87 bits per heavy atom. The van der Waals surface area contributed by atoms with Gasteiger partial charge >= 0.3 is 0 Å². The lowest BCUT2D eigenvalue weighted by Gasteiger charge is -2.18. The molecule has 0 radical (unpaired) electrons. The minimum atomic E-state index is 0.110. The van der Waals surface area contributed by atoms with Crippen LogP contribution in [0.2, 0.25) is 0 Å². The van der Waals surface area contributed by atoms with E-state index in [0.717, 1.165) is 12.1 Å². The van der Waals surface area contributed by atoms with E-state index in [0.29, 0.717) is 6.54 Å². The van der Waals surface area contributed by atoms with Crippen molar-refractivity contribution in [3.63, 3.8) is 0 Å². The largest absolute Gasteiger partial charge is 0.339 e. The van der Waals surface area contributed by atoms with E-state index in [9.17, 15) is 4.79 Å². The SMILES string of the molecule is CC.CCN(Cc1ccncc1)C(C)=O. The molecule has 0 spiro atoms. The van der Waals surface area contributed by atoms with Gasteiger partial charge in [-0.05, 0) is 24.6 Å². The first-order valence-electron chi connectivity index (χ1n) is 5.38. The van der Waals surface area contributed by atoms with Crippen molar-refractivity contribution in [2.45, 2.75) is 34.2 Å². The average molecular weight is 208 g/mol. The van der Waals surface area contributed by atoms with Gasteiger partial charge in [0.25, 0.3) is 0 Å². The Morgan fingerprint density at radius 3 is 2.27 bits per heavy atom. The summed E-state index contributed by atoms with van der Waals surface area (Å²) in [6.45, 7) is 8.99. The van der Waals surface area contributed by atoms with Crippen LogP contribution < -0.4 is 0 Å². The van der Waals surface area contributed by atoms with Crippen LogP contribution in [0, 0.1) is 0 Å². The first-order chi connectivity index (χ1) is 7.24. The Balaban J connectivity index is 0.000000921. The number of carbonyl (C=O) groups excluding carboxylic acids is 1. The molecule has 0 N–H and O–H groups in total. The Labute approximate surface area is 92.1 Å². The molecule has 0 aliphatic carbocycles. The molecule has 0 aliphatic rings. The maximum Gasteiger partial charge on any atom is 0.219 e. The summed E-state index contributed by atoms with van der Waals surface area (Å²) in [6, 6.07) is 3.84. The molecule has 15 heavy (non-hydrogen) atoms. The fourth-order valence-corrected chi connectivity index (χ4v) is 1.15. The van der Waals surface area contributed by atoms with Crippen molar-refractivity contribution in [2.24, 2.45) is 0 Å². The lowest BCUT2D eigenvalue weighted by Crippen LogP contribution is -2.27. The number of amides is 1. The molecule has 0 saturated carbocycles. The average Bonchev–Trinajstić information content (AvgIpc) is 2.29. The van der Waals surface area contributed by atoms with Gasteiger partial charge in [0.15, 0.2) is 0 Å². The summed E-state index contributed by atoms with van der Waals surface area (Å²) in [5.41, 5.74) is 1.12. The van der Waals surface area contributed by atoms with Crippen LogP contribution in [0.15, 0.2) is 24.5 Å². The van der Waals surface area contributed by atoms with Crippen LogP contribution in [0.3, 0.4) is 0 Å². The molecule has 0 fully saturated rings. The third kappa shape index (κ3) is 5.15. The molecule has 3 heteroatoms. The summed E-state index contributed by atoms with van der Waals surface area (Å²) in [5, 5.41) is 0. The quantitative estimate of drug-likeness (QED) is 0.764. The molecule has 1 aromatic rings. The van der Waals surface area contributed by atoms with Crippen LogP contribution in [0.1, 0.15) is 33.3 Å². The molecule has 0 saturated heterocycles. The molecule has 0 aromatic carbocycles. The van der Waals surface area contributed by atoms with Crippen LogP contribution >= 0.6 is 0 Å². The highest BCUT2D eigenvalue weighted by atomic mass is 16.2. The molecule has 1 aromatic heterocycles. The van der Waals surface area contributed by atoms with E-state index in [1.807, 2.05) is 32.9 Å². The first-order valence-corrected chi connectivity index (χ1v) is 5.38. The number of hydrogen-bond acceptors (Lipinski definition) is 2. The molecule has 0 aliphatic heterocycles. The molecule has 3 nitrogen and oxygen atoms in total. The van der Waals surface area contributed by atoms with Crippen molar-refractivity contribution < 1.29 is 4.79 Å². The standard InChI is InChI=1S/C10H14N2O.C2H6/c1-3-12(9(2)13)8-10-4-6-11-7-5-10;1-2/h4-7H,3,8H2,1-2H3;1-2H3. The van der Waals surface area contributed by atoms with Gasteiger partial charge in [-0.2, -0.15) is 0 Å². The predicted molar refractivity (Wildman–Crippen MR) is 62.4 cm³/mol. The minimum Gasteiger partial charge on any atom is -0.339 e. The molecule has 1 rings (SSSR count). The highest BCUT2D eigenvalue weighted by Gasteiger charge is 2.05. The minimum absolute atomic E-state index is 0.110. The second-order valence-corrected chi connectivity index (χ2v) is 2.89. The van der Waals surface area contributed by atoms with Crippen LogP contribution in [-0.2, 0) is 11.3 Å². The zero-order valence-corrected chi connectivity index (χ0v) is 10.0. The summed E-state index contributed by atoms with van der Waals surface area (Å²) in [6.07, 6.45) is 3.48. The molecular formula is C12H20N2O. The van der Waals surface area contributed by atoms with Crippen molar-refractivity contribution in [1.29, 1.82) is 0 Å². The molecular weight excluding hydrogens is 188 g/mol. The van der Waals surface area contributed by atoms with E-state index in [2.05, 4.69) is 4.98 Å². The Kier molecular flexibility index (Phi) is 7.24. The maximum absolute atomic E-state index is 11.1. The van der Waals surface area contributed by atoms with E-state index < -0.39 is 0 Å². The molecule has 0 unspecified atom stereocenters. The third-order valence-corrected chi connectivity index (χ3v) is 1.95. The van der Waals surface area contributed by atoms with E-state index in [4.69, 9.17) is 0 Å². The van der Waals surface area contributed by atoms with Gasteiger partial charge < -0.3 is 4.90 Å². The Morgan fingerprint density at radius 1 is 1.33 bits per heavy atom. The normalized spacial score (nSPS) is 8.80. The van der Waals surface area contributed by atoms with Gasteiger partial charge in [0.2, 0.25) is 5.91 Å². The van der Waals surface area contributed by atoms with Gasteiger partial charge in [-0.1, -0.05) is 13.8 Å². The molecule has 84 valence electrons. The summed E-state index contributed by atoms with van der Waals surface area (Å²) in [7, 11) is 0. The molecule has 0 atom stereocenters. The zero-order valence-electron chi connectivity index (χ0n) is 10.0. The van der Waals surface area contributed by atoms with E-state index in [1.165, 1.54) is 0 Å². The summed E-state index contributed by atoms with van der Waals surface area (Å²) in [4.78, 5) is 16.8. The summed E-state index contributed by atoms with van der Waals surface area (Å²) >= 11 is 0. The molecule has 0 bridgehead atoms. The topological polar surface area (TPSA) is 33.2 Å². The number of hydrogen-bond donors (Lipinski definition) is 0. The Bertz CT molecular complexity index is 272. The lowest BCUT2D eigenvalue weighted by atomic mass is 10.2. The van der Waals surface area contributed by atoms with Gasteiger partial charge in [0.1, 0.15) is 0 Å². The number of pyridine rings is 1. The Hall–Kier alpha value is -1.38. The van der Waals surface area contributed by atoms with Crippen LogP contribution in [-0.4, -0.2) is 22.3 Å². The van der Waals surface area contributed by atoms with E-state index in [1.54, 1.807) is 24.2 Å². The van der Waals surface area contributed by atoms with Crippen LogP contribution in [0.25, 0.3) is 0 Å². The zero-order chi connectivity index (χ0) is 11.7. The van der Waals surface area contributed by atoms with Gasteiger partial charge in [-0.15, -0.1) is 0 Å². The van der Waals surface area contributed by atoms with Crippen molar-refractivity contribution in [3.8, 4) is 0 Å². The fraction of sp³-hybridized carbons (Fsp3) is 0.500. The predicted octanol–water partition coefficient (Wildman–Crippen LogP) is 2.48. The summed E-state index contributed by atoms with van der Waals surface area (Å²) < 4.78 is 0. The second kappa shape index (κ2) is 7.97.